The Morgan fingerprint density at radius 1 is 1.47 bits per heavy atom. The molecule has 0 bridgehead atoms. The Hall–Kier alpha value is -0.770. The summed E-state index contributed by atoms with van der Waals surface area (Å²) in [5.41, 5.74) is 2.39. The Balaban J connectivity index is 2.21. The molecule has 1 aliphatic rings. The summed E-state index contributed by atoms with van der Waals surface area (Å²) < 4.78 is 0. The van der Waals surface area contributed by atoms with Gasteiger partial charge in [0.15, 0.2) is 0 Å². The van der Waals surface area contributed by atoms with E-state index in [0.29, 0.717) is 5.92 Å². The van der Waals surface area contributed by atoms with Gasteiger partial charge in [-0.15, -0.1) is 0 Å². The van der Waals surface area contributed by atoms with E-state index in [1.807, 2.05) is 12.1 Å². The van der Waals surface area contributed by atoms with Crippen LogP contribution >= 0.6 is 11.6 Å². The van der Waals surface area contributed by atoms with Crippen LogP contribution in [0, 0.1) is 5.92 Å². The number of hydrogen-bond donors (Lipinski definition) is 2. The highest BCUT2D eigenvalue weighted by Crippen LogP contribution is 2.33. The lowest BCUT2D eigenvalue weighted by molar-refractivity contribution is 0.208. The topological polar surface area (TPSA) is 35.5 Å². The van der Waals surface area contributed by atoms with Gasteiger partial charge in [0.1, 0.15) is 0 Å². The molecule has 1 aromatic rings. The van der Waals surface area contributed by atoms with Gasteiger partial charge in [-0.05, 0) is 36.9 Å². The molecule has 19 heavy (non-hydrogen) atoms. The molecule has 1 aromatic carbocycles. The standard InChI is InChI=1S/C15H23ClN2O/c1-2-17-9-13-6-3-7-14(16)15(13)18-8-4-5-12(10-18)11-19/h3,6-7,12,17,19H,2,4-5,8-11H2,1H3. The molecular weight excluding hydrogens is 260 g/mol. The minimum Gasteiger partial charge on any atom is -0.396 e. The molecule has 0 aliphatic carbocycles. The largest absolute Gasteiger partial charge is 0.396 e. The van der Waals surface area contributed by atoms with Gasteiger partial charge < -0.3 is 15.3 Å². The second-order valence-corrected chi connectivity index (χ2v) is 5.57. The van der Waals surface area contributed by atoms with E-state index in [9.17, 15) is 5.11 Å². The van der Waals surface area contributed by atoms with Crippen LogP contribution in [0.3, 0.4) is 0 Å². The zero-order valence-electron chi connectivity index (χ0n) is 11.5. The number of piperidine rings is 1. The Bertz CT molecular complexity index is 411. The van der Waals surface area contributed by atoms with Gasteiger partial charge in [0.2, 0.25) is 0 Å². The van der Waals surface area contributed by atoms with Crippen molar-refractivity contribution in [1.82, 2.24) is 5.32 Å². The summed E-state index contributed by atoms with van der Waals surface area (Å²) in [5.74, 6) is 0.372. The fourth-order valence-corrected chi connectivity index (χ4v) is 3.05. The van der Waals surface area contributed by atoms with Crippen LogP contribution in [0.4, 0.5) is 5.69 Å². The van der Waals surface area contributed by atoms with E-state index in [0.717, 1.165) is 49.7 Å². The first-order chi connectivity index (χ1) is 9.26. The third kappa shape index (κ3) is 3.62. The minimum atomic E-state index is 0.267. The zero-order valence-corrected chi connectivity index (χ0v) is 12.3. The fraction of sp³-hybridized carbons (Fsp3) is 0.600. The average molecular weight is 283 g/mol. The van der Waals surface area contributed by atoms with Crippen LogP contribution in [0.5, 0.6) is 0 Å². The molecule has 0 radical (unpaired) electrons. The molecule has 0 saturated carbocycles. The molecule has 2 N–H and O–H groups in total. The monoisotopic (exact) mass is 282 g/mol. The summed E-state index contributed by atoms with van der Waals surface area (Å²) in [6.07, 6.45) is 2.23. The molecule has 2 rings (SSSR count). The average Bonchev–Trinajstić information content (AvgIpc) is 2.45. The molecule has 106 valence electrons. The molecule has 3 nitrogen and oxygen atoms in total. The summed E-state index contributed by atoms with van der Waals surface area (Å²) in [4.78, 5) is 2.33. The summed E-state index contributed by atoms with van der Waals surface area (Å²) in [6, 6.07) is 6.09. The van der Waals surface area contributed by atoms with E-state index < -0.39 is 0 Å². The number of halogens is 1. The van der Waals surface area contributed by atoms with Crippen molar-refractivity contribution in [3.8, 4) is 0 Å². The van der Waals surface area contributed by atoms with Crippen molar-refractivity contribution in [2.45, 2.75) is 26.3 Å². The molecular formula is C15H23ClN2O. The highest BCUT2D eigenvalue weighted by molar-refractivity contribution is 6.33. The fourth-order valence-electron chi connectivity index (χ4n) is 2.73. The van der Waals surface area contributed by atoms with Crippen LogP contribution in [0.25, 0.3) is 0 Å². The van der Waals surface area contributed by atoms with E-state index in [4.69, 9.17) is 11.6 Å². The Kier molecular flexibility index (Phi) is 5.49. The van der Waals surface area contributed by atoms with Crippen molar-refractivity contribution >= 4 is 17.3 Å². The van der Waals surface area contributed by atoms with Crippen molar-refractivity contribution < 1.29 is 5.11 Å². The molecule has 1 unspecified atom stereocenters. The van der Waals surface area contributed by atoms with Gasteiger partial charge in [-0.3, -0.25) is 0 Å². The first kappa shape index (κ1) is 14.6. The lowest BCUT2D eigenvalue weighted by atomic mass is 9.97. The van der Waals surface area contributed by atoms with Gasteiger partial charge in [0.05, 0.1) is 10.7 Å². The third-order valence-electron chi connectivity index (χ3n) is 3.73. The molecule has 4 heteroatoms. The molecule has 1 atom stereocenters. The highest BCUT2D eigenvalue weighted by atomic mass is 35.5. The summed E-state index contributed by atoms with van der Waals surface area (Å²) in [7, 11) is 0. The van der Waals surface area contributed by atoms with E-state index in [1.54, 1.807) is 0 Å². The number of aliphatic hydroxyl groups excluding tert-OH is 1. The maximum absolute atomic E-state index is 9.36. The molecule has 0 spiro atoms. The number of rotatable bonds is 5. The van der Waals surface area contributed by atoms with Gasteiger partial charge >= 0.3 is 0 Å². The summed E-state index contributed by atoms with van der Waals surface area (Å²) in [6.45, 7) is 6.09. The summed E-state index contributed by atoms with van der Waals surface area (Å²) in [5, 5.41) is 13.5. The Labute approximate surface area is 120 Å². The third-order valence-corrected chi connectivity index (χ3v) is 4.03. The number of benzene rings is 1. The van der Waals surface area contributed by atoms with Crippen LogP contribution in [0.15, 0.2) is 18.2 Å². The maximum Gasteiger partial charge on any atom is 0.0642 e. The van der Waals surface area contributed by atoms with Crippen molar-refractivity contribution in [2.24, 2.45) is 5.92 Å². The van der Waals surface area contributed by atoms with Crippen LogP contribution in [0.2, 0.25) is 5.02 Å². The molecule has 1 saturated heterocycles. The number of aliphatic hydroxyl groups is 1. The number of hydrogen-bond acceptors (Lipinski definition) is 3. The number of para-hydroxylation sites is 1. The number of anilines is 1. The van der Waals surface area contributed by atoms with Crippen molar-refractivity contribution in [1.29, 1.82) is 0 Å². The Morgan fingerprint density at radius 2 is 2.32 bits per heavy atom. The van der Waals surface area contributed by atoms with Gasteiger partial charge in [-0.25, -0.2) is 0 Å². The number of nitrogens with one attached hydrogen (secondary N) is 1. The van der Waals surface area contributed by atoms with Crippen molar-refractivity contribution in [3.05, 3.63) is 28.8 Å². The first-order valence-corrected chi connectivity index (χ1v) is 7.48. The quantitative estimate of drug-likeness (QED) is 0.872. The van der Waals surface area contributed by atoms with E-state index in [2.05, 4.69) is 23.2 Å². The second kappa shape index (κ2) is 7.13. The Morgan fingerprint density at radius 3 is 3.05 bits per heavy atom. The smallest absolute Gasteiger partial charge is 0.0642 e. The molecule has 1 heterocycles. The van der Waals surface area contributed by atoms with E-state index in [-0.39, 0.29) is 6.61 Å². The van der Waals surface area contributed by atoms with Crippen LogP contribution in [0.1, 0.15) is 25.3 Å². The second-order valence-electron chi connectivity index (χ2n) is 5.16. The first-order valence-electron chi connectivity index (χ1n) is 7.10. The minimum absolute atomic E-state index is 0.267. The molecule has 0 aromatic heterocycles. The normalized spacial score (nSPS) is 19.7. The van der Waals surface area contributed by atoms with Crippen LogP contribution in [-0.2, 0) is 6.54 Å². The van der Waals surface area contributed by atoms with Crippen molar-refractivity contribution in [2.75, 3.05) is 31.1 Å². The van der Waals surface area contributed by atoms with Crippen molar-refractivity contribution in [3.63, 3.8) is 0 Å². The summed E-state index contributed by atoms with van der Waals surface area (Å²) >= 11 is 6.40. The predicted molar refractivity (Wildman–Crippen MR) is 80.9 cm³/mol. The van der Waals surface area contributed by atoms with E-state index >= 15 is 0 Å². The number of nitrogens with zero attached hydrogens (tertiary/aromatic N) is 1. The van der Waals surface area contributed by atoms with Crippen LogP contribution in [-0.4, -0.2) is 31.3 Å². The maximum atomic E-state index is 9.36. The SMILES string of the molecule is CCNCc1cccc(Cl)c1N1CCCC(CO)C1. The lowest BCUT2D eigenvalue weighted by Gasteiger charge is -2.35. The van der Waals surface area contributed by atoms with Gasteiger partial charge in [0, 0.05) is 26.2 Å². The lowest BCUT2D eigenvalue weighted by Crippen LogP contribution is -2.37. The van der Waals surface area contributed by atoms with Gasteiger partial charge in [0.25, 0.3) is 0 Å². The van der Waals surface area contributed by atoms with Gasteiger partial charge in [-0.2, -0.15) is 0 Å². The molecule has 1 fully saturated rings. The molecule has 1 aliphatic heterocycles. The van der Waals surface area contributed by atoms with E-state index in [1.165, 1.54) is 5.56 Å². The van der Waals surface area contributed by atoms with Crippen LogP contribution < -0.4 is 10.2 Å². The highest BCUT2D eigenvalue weighted by Gasteiger charge is 2.22. The zero-order chi connectivity index (χ0) is 13.7. The van der Waals surface area contributed by atoms with Gasteiger partial charge in [-0.1, -0.05) is 30.7 Å². The predicted octanol–water partition coefficient (Wildman–Crippen LogP) is 2.66. The molecule has 0 amide bonds.